The Kier molecular flexibility index (Phi) is 5.67. The number of benzene rings is 2. The van der Waals surface area contributed by atoms with Gasteiger partial charge in [0.15, 0.2) is 0 Å². The maximum absolute atomic E-state index is 12.5. The summed E-state index contributed by atoms with van der Waals surface area (Å²) in [6, 6.07) is 13.2. The largest absolute Gasteiger partial charge is 0.508 e. The number of hydrogen-bond acceptors (Lipinski definition) is 3. The zero-order valence-electron chi connectivity index (χ0n) is 13.3. The second-order valence-electron chi connectivity index (χ2n) is 5.49. The number of rotatable bonds is 4. The summed E-state index contributed by atoms with van der Waals surface area (Å²) in [5.41, 5.74) is 1.99. The number of aromatic nitrogens is 1. The maximum Gasteiger partial charge on any atom is 0.251 e. The molecule has 0 saturated carbocycles. The smallest absolute Gasteiger partial charge is 0.251 e. The van der Waals surface area contributed by atoms with Crippen LogP contribution in [0.15, 0.2) is 54.7 Å². The molecule has 0 radical (unpaired) electrons. The van der Waals surface area contributed by atoms with Crippen molar-refractivity contribution in [3.63, 3.8) is 0 Å². The van der Waals surface area contributed by atoms with Gasteiger partial charge < -0.3 is 10.4 Å². The zero-order chi connectivity index (χ0) is 18.7. The summed E-state index contributed by atoms with van der Waals surface area (Å²) in [5.74, 6) is -0.182. The summed E-state index contributed by atoms with van der Waals surface area (Å²) in [6.45, 7) is 0.198. The predicted octanol–water partition coefficient (Wildman–Crippen LogP) is 5.34. The fraction of sp³-hybridized carbons (Fsp3) is 0.0526. The van der Waals surface area contributed by atoms with Crippen molar-refractivity contribution in [2.24, 2.45) is 0 Å². The SMILES string of the molecule is O=C(NCc1ccccc1O)c1ccc(Cl)c(-c2ncc(Cl)cc2Cl)c1. The van der Waals surface area contributed by atoms with Crippen molar-refractivity contribution >= 4 is 40.7 Å². The first-order chi connectivity index (χ1) is 12.5. The van der Waals surface area contributed by atoms with Crippen LogP contribution < -0.4 is 5.32 Å². The van der Waals surface area contributed by atoms with Crippen LogP contribution in [0.2, 0.25) is 15.1 Å². The van der Waals surface area contributed by atoms with Gasteiger partial charge in [-0.05, 0) is 30.3 Å². The van der Waals surface area contributed by atoms with E-state index in [1.54, 1.807) is 48.5 Å². The average Bonchev–Trinajstić information content (AvgIpc) is 2.62. The van der Waals surface area contributed by atoms with Crippen LogP contribution in [0.25, 0.3) is 11.3 Å². The van der Waals surface area contributed by atoms with Gasteiger partial charge in [0.05, 0.1) is 20.8 Å². The van der Waals surface area contributed by atoms with Crippen molar-refractivity contribution in [1.82, 2.24) is 10.3 Å². The van der Waals surface area contributed by atoms with Crippen LogP contribution in [0.3, 0.4) is 0 Å². The van der Waals surface area contributed by atoms with Crippen molar-refractivity contribution < 1.29 is 9.90 Å². The summed E-state index contributed by atoms with van der Waals surface area (Å²) >= 11 is 18.3. The van der Waals surface area contributed by atoms with E-state index in [0.29, 0.717) is 37.5 Å². The van der Waals surface area contributed by atoms with Crippen LogP contribution in [-0.2, 0) is 6.54 Å². The van der Waals surface area contributed by atoms with Gasteiger partial charge in [-0.15, -0.1) is 0 Å². The molecule has 132 valence electrons. The Labute approximate surface area is 165 Å². The van der Waals surface area contributed by atoms with Crippen LogP contribution >= 0.6 is 34.8 Å². The summed E-state index contributed by atoms with van der Waals surface area (Å²) < 4.78 is 0. The number of phenols is 1. The lowest BCUT2D eigenvalue weighted by molar-refractivity contribution is 0.0951. The molecule has 0 aliphatic heterocycles. The lowest BCUT2D eigenvalue weighted by Gasteiger charge is -2.10. The highest BCUT2D eigenvalue weighted by Gasteiger charge is 2.14. The van der Waals surface area contributed by atoms with Crippen LogP contribution in [0.4, 0.5) is 0 Å². The summed E-state index contributed by atoms with van der Waals surface area (Å²) in [7, 11) is 0. The number of pyridine rings is 1. The molecule has 0 saturated heterocycles. The Bertz CT molecular complexity index is 977. The molecule has 26 heavy (non-hydrogen) atoms. The first kappa shape index (κ1) is 18.5. The summed E-state index contributed by atoms with van der Waals surface area (Å²) in [5, 5.41) is 13.7. The average molecular weight is 408 g/mol. The van der Waals surface area contributed by atoms with Crippen LogP contribution in [0, 0.1) is 0 Å². The number of amides is 1. The number of phenolic OH excluding ortho intramolecular Hbond substituents is 1. The van der Waals surface area contributed by atoms with E-state index in [1.165, 1.54) is 6.20 Å². The van der Waals surface area contributed by atoms with E-state index in [1.807, 2.05) is 0 Å². The van der Waals surface area contributed by atoms with Gasteiger partial charge in [-0.3, -0.25) is 9.78 Å². The Morgan fingerprint density at radius 2 is 1.81 bits per heavy atom. The molecular formula is C19H13Cl3N2O2. The lowest BCUT2D eigenvalue weighted by Crippen LogP contribution is -2.22. The molecule has 0 bridgehead atoms. The number of aromatic hydroxyl groups is 1. The molecule has 3 aromatic rings. The standard InChI is InChI=1S/C19H13Cl3N2O2/c20-13-8-16(22)18(23-10-13)14-7-11(5-6-15(14)21)19(26)24-9-12-3-1-2-4-17(12)25/h1-8,10,25H,9H2,(H,24,26). The van der Waals surface area contributed by atoms with Crippen molar-refractivity contribution in [2.45, 2.75) is 6.54 Å². The number of hydrogen-bond donors (Lipinski definition) is 2. The van der Waals surface area contributed by atoms with E-state index in [-0.39, 0.29) is 18.2 Å². The van der Waals surface area contributed by atoms with Gasteiger partial charge in [0, 0.05) is 29.4 Å². The van der Waals surface area contributed by atoms with Crippen molar-refractivity contribution in [3.05, 3.63) is 80.9 Å². The minimum Gasteiger partial charge on any atom is -0.508 e. The predicted molar refractivity (Wildman–Crippen MR) is 104 cm³/mol. The molecule has 3 rings (SSSR count). The number of carbonyl (C=O) groups excluding carboxylic acids is 1. The summed E-state index contributed by atoms with van der Waals surface area (Å²) in [4.78, 5) is 16.7. The Balaban J connectivity index is 1.85. The quantitative estimate of drug-likeness (QED) is 0.613. The van der Waals surface area contributed by atoms with E-state index < -0.39 is 0 Å². The minimum absolute atomic E-state index is 0.127. The molecule has 1 heterocycles. The van der Waals surface area contributed by atoms with E-state index >= 15 is 0 Å². The molecule has 0 spiro atoms. The third kappa shape index (κ3) is 4.10. The normalized spacial score (nSPS) is 10.6. The first-order valence-corrected chi connectivity index (χ1v) is 8.75. The number of nitrogens with one attached hydrogen (secondary N) is 1. The number of carbonyl (C=O) groups is 1. The molecular weight excluding hydrogens is 395 g/mol. The fourth-order valence-electron chi connectivity index (χ4n) is 2.40. The number of nitrogens with zero attached hydrogens (tertiary/aromatic N) is 1. The van der Waals surface area contributed by atoms with Gasteiger partial charge in [0.1, 0.15) is 5.75 Å². The molecule has 1 amide bonds. The third-order valence-electron chi connectivity index (χ3n) is 3.72. The van der Waals surface area contributed by atoms with Gasteiger partial charge >= 0.3 is 0 Å². The highest BCUT2D eigenvalue weighted by Crippen LogP contribution is 2.33. The van der Waals surface area contributed by atoms with E-state index in [0.717, 1.165) is 0 Å². The third-order valence-corrected chi connectivity index (χ3v) is 4.55. The molecule has 0 aliphatic carbocycles. The van der Waals surface area contributed by atoms with Gasteiger partial charge in [0.25, 0.3) is 5.91 Å². The van der Waals surface area contributed by atoms with Gasteiger partial charge in [0.2, 0.25) is 0 Å². The molecule has 7 heteroatoms. The fourth-order valence-corrected chi connectivity index (χ4v) is 3.09. The number of halogens is 3. The topological polar surface area (TPSA) is 62.2 Å². The first-order valence-electron chi connectivity index (χ1n) is 7.61. The monoisotopic (exact) mass is 406 g/mol. The molecule has 0 unspecified atom stereocenters. The second-order valence-corrected chi connectivity index (χ2v) is 6.74. The molecule has 4 nitrogen and oxygen atoms in total. The van der Waals surface area contributed by atoms with Crippen molar-refractivity contribution in [1.29, 1.82) is 0 Å². The molecule has 1 aromatic heterocycles. The molecule has 2 N–H and O–H groups in total. The number of para-hydroxylation sites is 1. The van der Waals surface area contributed by atoms with Crippen molar-refractivity contribution in [2.75, 3.05) is 0 Å². The van der Waals surface area contributed by atoms with Crippen LogP contribution in [0.1, 0.15) is 15.9 Å². The van der Waals surface area contributed by atoms with Gasteiger partial charge in [-0.1, -0.05) is 53.0 Å². The molecule has 0 aliphatic rings. The molecule has 0 atom stereocenters. The second kappa shape index (κ2) is 7.96. The molecule has 2 aromatic carbocycles. The lowest BCUT2D eigenvalue weighted by atomic mass is 10.1. The van der Waals surface area contributed by atoms with E-state index in [4.69, 9.17) is 34.8 Å². The highest BCUT2D eigenvalue weighted by atomic mass is 35.5. The van der Waals surface area contributed by atoms with Crippen molar-refractivity contribution in [3.8, 4) is 17.0 Å². The zero-order valence-corrected chi connectivity index (χ0v) is 15.6. The van der Waals surface area contributed by atoms with Gasteiger partial charge in [-0.25, -0.2) is 0 Å². The Morgan fingerprint density at radius 1 is 1.04 bits per heavy atom. The van der Waals surface area contributed by atoms with Gasteiger partial charge in [-0.2, -0.15) is 0 Å². The maximum atomic E-state index is 12.5. The molecule has 0 fully saturated rings. The van der Waals surface area contributed by atoms with E-state index in [9.17, 15) is 9.90 Å². The highest BCUT2D eigenvalue weighted by molar-refractivity contribution is 6.37. The van der Waals surface area contributed by atoms with E-state index in [2.05, 4.69) is 10.3 Å². The summed E-state index contributed by atoms with van der Waals surface area (Å²) in [6.07, 6.45) is 1.46. The van der Waals surface area contributed by atoms with Crippen LogP contribution in [-0.4, -0.2) is 16.0 Å². The minimum atomic E-state index is -0.309. The Hall–Kier alpha value is -2.27. The van der Waals surface area contributed by atoms with Crippen LogP contribution in [0.5, 0.6) is 5.75 Å². The Morgan fingerprint density at radius 3 is 2.54 bits per heavy atom.